The standard InChI is InChI=1S/C27H30N2O4/c1-17-6-4-7-18(16-17)27(33)29-22-10-3-2-8-20(22)26(21-9-5-11-23(21)29)28(19-12-13-19)24(30)14-15-25(31)32/h2-4,6-8,10,16,19,21,23,26H,5,9,11-15H2,1H3,(H,31,32)/t21-,23+,26-/m0/s1. The zero-order chi connectivity index (χ0) is 23.1. The van der Waals surface area contributed by atoms with Gasteiger partial charge in [-0.05, 0) is 56.4 Å². The van der Waals surface area contributed by atoms with Crippen molar-refractivity contribution in [3.63, 3.8) is 0 Å². The van der Waals surface area contributed by atoms with Gasteiger partial charge in [0.15, 0.2) is 0 Å². The molecule has 172 valence electrons. The summed E-state index contributed by atoms with van der Waals surface area (Å²) in [4.78, 5) is 42.1. The Balaban J connectivity index is 1.56. The number of amides is 2. The SMILES string of the molecule is Cc1cccc(C(=O)N2c3ccccc3[C@H](N(C(=O)CCC(=O)O)C3CC3)[C@H]3CCC[C@H]32)c1. The second-order valence-corrected chi connectivity index (χ2v) is 9.64. The molecule has 3 atom stereocenters. The summed E-state index contributed by atoms with van der Waals surface area (Å²) >= 11 is 0. The summed E-state index contributed by atoms with van der Waals surface area (Å²) < 4.78 is 0. The molecule has 33 heavy (non-hydrogen) atoms. The van der Waals surface area contributed by atoms with Gasteiger partial charge in [0.1, 0.15) is 0 Å². The van der Waals surface area contributed by atoms with Crippen molar-refractivity contribution in [2.75, 3.05) is 4.90 Å². The summed E-state index contributed by atoms with van der Waals surface area (Å²) in [5, 5.41) is 9.13. The van der Waals surface area contributed by atoms with Gasteiger partial charge >= 0.3 is 5.97 Å². The zero-order valence-corrected chi connectivity index (χ0v) is 18.9. The maximum Gasteiger partial charge on any atom is 0.303 e. The lowest BCUT2D eigenvalue weighted by atomic mass is 9.81. The highest BCUT2D eigenvalue weighted by atomic mass is 16.4. The molecule has 5 rings (SSSR count). The van der Waals surface area contributed by atoms with Gasteiger partial charge in [0.05, 0.1) is 12.5 Å². The number of carbonyl (C=O) groups excluding carboxylic acids is 2. The lowest BCUT2D eigenvalue weighted by Gasteiger charge is -2.48. The second-order valence-electron chi connectivity index (χ2n) is 9.64. The number of fused-ring (bicyclic) bond motifs is 2. The van der Waals surface area contributed by atoms with E-state index >= 15 is 0 Å². The number of carbonyl (C=O) groups is 3. The molecule has 3 aliphatic rings. The molecule has 2 aromatic rings. The summed E-state index contributed by atoms with van der Waals surface area (Å²) in [5.41, 5.74) is 3.63. The molecule has 0 spiro atoms. The van der Waals surface area contributed by atoms with Crippen molar-refractivity contribution >= 4 is 23.5 Å². The fourth-order valence-electron chi connectivity index (χ4n) is 5.84. The van der Waals surface area contributed by atoms with Crippen LogP contribution >= 0.6 is 0 Å². The van der Waals surface area contributed by atoms with E-state index in [0.717, 1.165) is 48.9 Å². The van der Waals surface area contributed by atoms with Crippen molar-refractivity contribution in [2.45, 2.75) is 70.0 Å². The van der Waals surface area contributed by atoms with Crippen LogP contribution in [0.15, 0.2) is 48.5 Å². The van der Waals surface area contributed by atoms with Gasteiger partial charge in [-0.3, -0.25) is 14.4 Å². The van der Waals surface area contributed by atoms with Crippen LogP contribution in [0.25, 0.3) is 0 Å². The summed E-state index contributed by atoms with van der Waals surface area (Å²) in [6.07, 6.45) is 4.67. The van der Waals surface area contributed by atoms with E-state index in [-0.39, 0.29) is 48.7 Å². The van der Waals surface area contributed by atoms with E-state index in [2.05, 4.69) is 0 Å². The Hall–Kier alpha value is -3.15. The maximum atomic E-state index is 13.8. The minimum atomic E-state index is -0.947. The van der Waals surface area contributed by atoms with Crippen LogP contribution in [0.1, 0.15) is 72.5 Å². The van der Waals surface area contributed by atoms with Crippen molar-refractivity contribution in [3.05, 3.63) is 65.2 Å². The number of aliphatic carboxylic acids is 1. The minimum absolute atomic E-state index is 0.0108. The van der Waals surface area contributed by atoms with Crippen molar-refractivity contribution < 1.29 is 19.5 Å². The largest absolute Gasteiger partial charge is 0.481 e. The predicted octanol–water partition coefficient (Wildman–Crippen LogP) is 4.72. The van der Waals surface area contributed by atoms with E-state index in [0.29, 0.717) is 5.56 Å². The zero-order valence-electron chi connectivity index (χ0n) is 18.9. The number of benzene rings is 2. The molecule has 0 aromatic heterocycles. The average molecular weight is 447 g/mol. The summed E-state index contributed by atoms with van der Waals surface area (Å²) in [6.45, 7) is 1.99. The highest BCUT2D eigenvalue weighted by molar-refractivity contribution is 6.07. The van der Waals surface area contributed by atoms with Crippen molar-refractivity contribution in [3.8, 4) is 0 Å². The first kappa shape index (κ1) is 21.7. The Morgan fingerprint density at radius 3 is 2.52 bits per heavy atom. The summed E-state index contributed by atoms with van der Waals surface area (Å²) in [6, 6.07) is 15.8. The third kappa shape index (κ3) is 4.03. The lowest BCUT2D eigenvalue weighted by molar-refractivity contribution is -0.142. The van der Waals surface area contributed by atoms with Gasteiger partial charge < -0.3 is 14.9 Å². The Morgan fingerprint density at radius 1 is 1.00 bits per heavy atom. The van der Waals surface area contributed by atoms with E-state index in [9.17, 15) is 14.4 Å². The molecule has 2 saturated carbocycles. The van der Waals surface area contributed by atoms with Crippen LogP contribution in [0.2, 0.25) is 0 Å². The molecule has 2 aliphatic carbocycles. The van der Waals surface area contributed by atoms with Crippen LogP contribution in [0, 0.1) is 12.8 Å². The monoisotopic (exact) mass is 446 g/mol. The van der Waals surface area contributed by atoms with Gasteiger partial charge in [-0.25, -0.2) is 0 Å². The van der Waals surface area contributed by atoms with Crippen molar-refractivity contribution in [1.29, 1.82) is 0 Å². The maximum absolute atomic E-state index is 13.8. The van der Waals surface area contributed by atoms with E-state index in [1.54, 1.807) is 0 Å². The Labute approximate surface area is 194 Å². The quantitative estimate of drug-likeness (QED) is 0.696. The van der Waals surface area contributed by atoms with Crippen LogP contribution in [0.3, 0.4) is 0 Å². The lowest BCUT2D eigenvalue weighted by Crippen LogP contribution is -2.53. The average Bonchev–Trinajstić information content (AvgIpc) is 3.52. The Morgan fingerprint density at radius 2 is 1.79 bits per heavy atom. The molecule has 6 heteroatoms. The minimum Gasteiger partial charge on any atom is -0.481 e. The second kappa shape index (κ2) is 8.65. The van der Waals surface area contributed by atoms with Crippen LogP contribution in [0.4, 0.5) is 5.69 Å². The molecule has 1 N–H and O–H groups in total. The van der Waals surface area contributed by atoms with E-state index in [1.165, 1.54) is 0 Å². The number of para-hydroxylation sites is 1. The van der Waals surface area contributed by atoms with Crippen molar-refractivity contribution in [2.24, 2.45) is 5.92 Å². The highest BCUT2D eigenvalue weighted by Crippen LogP contribution is 2.52. The molecule has 2 fully saturated rings. The van der Waals surface area contributed by atoms with Crippen LogP contribution in [0.5, 0.6) is 0 Å². The Bertz CT molecular complexity index is 1090. The first-order valence-electron chi connectivity index (χ1n) is 12.0. The van der Waals surface area contributed by atoms with E-state index in [4.69, 9.17) is 5.11 Å². The highest BCUT2D eigenvalue weighted by Gasteiger charge is 2.51. The van der Waals surface area contributed by atoms with Crippen LogP contribution in [-0.4, -0.2) is 39.9 Å². The molecule has 2 aromatic carbocycles. The molecule has 0 radical (unpaired) electrons. The van der Waals surface area contributed by atoms with Gasteiger partial charge in [-0.2, -0.15) is 0 Å². The first-order valence-corrected chi connectivity index (χ1v) is 12.0. The smallest absolute Gasteiger partial charge is 0.303 e. The van der Waals surface area contributed by atoms with Crippen molar-refractivity contribution in [1.82, 2.24) is 4.90 Å². The number of rotatable bonds is 6. The third-order valence-electron chi connectivity index (χ3n) is 7.35. The molecule has 0 saturated heterocycles. The number of anilines is 1. The first-order chi connectivity index (χ1) is 16.0. The molecule has 2 amide bonds. The molecule has 0 bridgehead atoms. The van der Waals surface area contributed by atoms with Gasteiger partial charge in [0.2, 0.25) is 5.91 Å². The van der Waals surface area contributed by atoms with E-state index < -0.39 is 5.97 Å². The van der Waals surface area contributed by atoms with Crippen LogP contribution < -0.4 is 4.90 Å². The summed E-state index contributed by atoms with van der Waals surface area (Å²) in [5.74, 6) is -0.861. The summed E-state index contributed by atoms with van der Waals surface area (Å²) in [7, 11) is 0. The molecular weight excluding hydrogens is 416 g/mol. The normalized spacial score (nSPS) is 23.5. The van der Waals surface area contributed by atoms with Crippen LogP contribution in [-0.2, 0) is 9.59 Å². The third-order valence-corrected chi connectivity index (χ3v) is 7.35. The Kier molecular flexibility index (Phi) is 5.69. The number of carboxylic acid groups (broad SMARTS) is 1. The van der Waals surface area contributed by atoms with Gasteiger partial charge in [-0.1, -0.05) is 42.3 Å². The van der Waals surface area contributed by atoms with E-state index in [1.807, 2.05) is 65.3 Å². The van der Waals surface area contributed by atoms with Gasteiger partial charge in [-0.15, -0.1) is 0 Å². The number of nitrogens with zero attached hydrogens (tertiary/aromatic N) is 2. The molecule has 1 aliphatic heterocycles. The van der Waals surface area contributed by atoms with Gasteiger partial charge in [0.25, 0.3) is 5.91 Å². The topological polar surface area (TPSA) is 77.9 Å². The molecule has 6 nitrogen and oxygen atoms in total. The fraction of sp³-hybridized carbons (Fsp3) is 0.444. The molecule has 1 heterocycles. The number of hydrogen-bond acceptors (Lipinski definition) is 3. The fourth-order valence-corrected chi connectivity index (χ4v) is 5.84. The number of hydrogen-bond donors (Lipinski definition) is 1. The number of aryl methyl sites for hydroxylation is 1. The predicted molar refractivity (Wildman–Crippen MR) is 125 cm³/mol. The molecular formula is C27H30N2O4. The number of carboxylic acids is 1. The molecule has 0 unspecified atom stereocenters. The van der Waals surface area contributed by atoms with Gasteiger partial charge in [0, 0.05) is 35.7 Å².